The van der Waals surface area contributed by atoms with Crippen molar-refractivity contribution in [1.82, 2.24) is 9.97 Å². The fourth-order valence-corrected chi connectivity index (χ4v) is 3.56. The normalized spacial score (nSPS) is 13.1. The maximum Gasteiger partial charge on any atom is 0.247 e. The van der Waals surface area contributed by atoms with Gasteiger partial charge in [0.15, 0.2) is 11.6 Å². The Balaban J connectivity index is 1.66. The van der Waals surface area contributed by atoms with Crippen LogP contribution in [0.15, 0.2) is 67.4 Å². The smallest absolute Gasteiger partial charge is 0.247 e. The molecule has 200 valence electrons. The van der Waals surface area contributed by atoms with Crippen molar-refractivity contribution in [2.45, 2.75) is 46.1 Å². The van der Waals surface area contributed by atoms with Gasteiger partial charge in [-0.15, -0.1) is 0 Å². The number of nitrogens with one attached hydrogen (secondary N) is 4. The summed E-state index contributed by atoms with van der Waals surface area (Å²) >= 11 is 0. The van der Waals surface area contributed by atoms with E-state index in [0.29, 0.717) is 35.6 Å². The number of benzene rings is 2. The molecule has 0 spiro atoms. The summed E-state index contributed by atoms with van der Waals surface area (Å²) in [6.07, 6.45) is 4.40. The van der Waals surface area contributed by atoms with E-state index in [2.05, 4.69) is 37.8 Å². The van der Waals surface area contributed by atoms with Crippen molar-refractivity contribution in [2.75, 3.05) is 21.3 Å². The van der Waals surface area contributed by atoms with Crippen LogP contribution in [0.3, 0.4) is 0 Å². The minimum atomic E-state index is -0.642. The third-order valence-corrected chi connectivity index (χ3v) is 6.20. The molecule has 0 aliphatic carbocycles. The summed E-state index contributed by atoms with van der Waals surface area (Å²) in [5.74, 6) is -0.905. The topological polar surface area (TPSA) is 134 Å². The average Bonchev–Trinajstić information content (AvgIpc) is 2.90. The molecule has 10 heteroatoms. The predicted octanol–water partition coefficient (Wildman–Crippen LogP) is 5.71. The summed E-state index contributed by atoms with van der Waals surface area (Å²) in [7, 11) is 0. The summed E-state index contributed by atoms with van der Waals surface area (Å²) in [6, 6.07) is 13.9. The van der Waals surface area contributed by atoms with Crippen LogP contribution in [-0.2, 0) is 9.59 Å². The van der Waals surface area contributed by atoms with E-state index in [9.17, 15) is 14.0 Å². The Hall–Kier alpha value is -4.31. The van der Waals surface area contributed by atoms with Gasteiger partial charge in [-0.1, -0.05) is 26.5 Å². The van der Waals surface area contributed by atoms with Crippen LogP contribution < -0.4 is 27.0 Å². The van der Waals surface area contributed by atoms with Gasteiger partial charge in [-0.3, -0.25) is 9.59 Å². The highest BCUT2D eigenvalue weighted by atomic mass is 19.1. The second-order valence-electron chi connectivity index (χ2n) is 9.38. The molecular formula is C28H34FN7O2. The van der Waals surface area contributed by atoms with Gasteiger partial charge in [0.05, 0.1) is 6.20 Å². The number of hydrogen-bond acceptors (Lipinski definition) is 7. The van der Waals surface area contributed by atoms with Gasteiger partial charge < -0.3 is 27.0 Å². The molecule has 0 saturated heterocycles. The molecule has 2 unspecified atom stereocenters. The number of hydrogen-bond donors (Lipinski definition) is 5. The van der Waals surface area contributed by atoms with E-state index in [0.717, 1.165) is 18.7 Å². The van der Waals surface area contributed by atoms with Crippen molar-refractivity contribution >= 4 is 46.3 Å². The number of nitrogens with two attached hydrogens (primary N) is 1. The molecule has 0 aliphatic heterocycles. The number of halogens is 1. The van der Waals surface area contributed by atoms with Crippen molar-refractivity contribution in [3.05, 3.63) is 73.2 Å². The van der Waals surface area contributed by atoms with Crippen molar-refractivity contribution < 1.29 is 14.0 Å². The molecule has 2 aromatic carbocycles. The van der Waals surface area contributed by atoms with Crippen LogP contribution in [0.5, 0.6) is 0 Å². The molecule has 0 radical (unpaired) electrons. The summed E-state index contributed by atoms with van der Waals surface area (Å²) in [5.41, 5.74) is 7.73. The number of amides is 2. The molecule has 0 bridgehead atoms. The van der Waals surface area contributed by atoms with Crippen molar-refractivity contribution in [3.8, 4) is 0 Å². The van der Waals surface area contributed by atoms with Gasteiger partial charge in [-0.05, 0) is 74.7 Å². The molecule has 6 N–H and O–H groups in total. The first kappa shape index (κ1) is 28.3. The van der Waals surface area contributed by atoms with Crippen LogP contribution in [-0.4, -0.2) is 27.8 Å². The zero-order chi connectivity index (χ0) is 27.7. The highest BCUT2D eigenvalue weighted by Crippen LogP contribution is 2.30. The number of carbonyl (C=O) groups excluding carboxylic acids is 2. The zero-order valence-electron chi connectivity index (χ0n) is 21.8. The maximum atomic E-state index is 14.4. The van der Waals surface area contributed by atoms with Gasteiger partial charge in [0.25, 0.3) is 0 Å². The fourth-order valence-electron chi connectivity index (χ4n) is 3.56. The second kappa shape index (κ2) is 12.8. The number of aromatic nitrogens is 2. The van der Waals surface area contributed by atoms with E-state index in [1.165, 1.54) is 0 Å². The van der Waals surface area contributed by atoms with E-state index in [-0.39, 0.29) is 29.6 Å². The Morgan fingerprint density at radius 1 is 1.08 bits per heavy atom. The first-order valence-electron chi connectivity index (χ1n) is 12.4. The molecule has 3 rings (SSSR count). The van der Waals surface area contributed by atoms with E-state index >= 15 is 0 Å². The molecule has 38 heavy (non-hydrogen) atoms. The minimum Gasteiger partial charge on any atom is -0.338 e. The van der Waals surface area contributed by atoms with Crippen LogP contribution >= 0.6 is 0 Å². The van der Waals surface area contributed by atoms with E-state index < -0.39 is 11.2 Å². The average molecular weight is 520 g/mol. The number of rotatable bonds is 12. The monoisotopic (exact) mass is 519 g/mol. The minimum absolute atomic E-state index is 0.0378. The zero-order valence-corrected chi connectivity index (χ0v) is 21.8. The summed E-state index contributed by atoms with van der Waals surface area (Å²) < 4.78 is 14.4. The Morgan fingerprint density at radius 2 is 1.76 bits per heavy atom. The Morgan fingerprint density at radius 3 is 2.42 bits per heavy atom. The van der Waals surface area contributed by atoms with Crippen molar-refractivity contribution in [1.29, 1.82) is 0 Å². The van der Waals surface area contributed by atoms with Gasteiger partial charge in [-0.25, -0.2) is 9.37 Å². The lowest BCUT2D eigenvalue weighted by Gasteiger charge is -2.27. The van der Waals surface area contributed by atoms with E-state index in [1.54, 1.807) is 48.5 Å². The number of nitrogens with zero attached hydrogens (tertiary/aromatic N) is 2. The first-order chi connectivity index (χ1) is 18.1. The molecule has 2 atom stereocenters. The fraction of sp³-hybridized carbons (Fsp3) is 0.286. The first-order valence-corrected chi connectivity index (χ1v) is 12.4. The Kier molecular flexibility index (Phi) is 9.50. The molecule has 1 heterocycles. The van der Waals surface area contributed by atoms with Crippen LogP contribution in [0.25, 0.3) is 0 Å². The third-order valence-electron chi connectivity index (χ3n) is 6.20. The van der Waals surface area contributed by atoms with Crippen molar-refractivity contribution in [2.24, 2.45) is 11.1 Å². The van der Waals surface area contributed by atoms with Crippen LogP contribution in [0.2, 0.25) is 0 Å². The van der Waals surface area contributed by atoms with Crippen LogP contribution in [0.1, 0.15) is 40.0 Å². The summed E-state index contributed by atoms with van der Waals surface area (Å²) in [4.78, 5) is 32.7. The number of carbonyl (C=O) groups is 2. The summed E-state index contributed by atoms with van der Waals surface area (Å²) in [5, 5.41) is 11.6. The van der Waals surface area contributed by atoms with Crippen LogP contribution in [0, 0.1) is 11.2 Å². The lowest BCUT2D eigenvalue weighted by Crippen LogP contribution is -2.34. The molecular weight excluding hydrogens is 485 g/mol. The molecule has 9 nitrogen and oxygen atoms in total. The third kappa shape index (κ3) is 7.84. The van der Waals surface area contributed by atoms with Crippen molar-refractivity contribution in [3.63, 3.8) is 0 Å². The quantitative estimate of drug-likeness (QED) is 0.194. The van der Waals surface area contributed by atoms with Gasteiger partial charge in [0, 0.05) is 34.2 Å². The van der Waals surface area contributed by atoms with Gasteiger partial charge in [0.2, 0.25) is 17.8 Å². The van der Waals surface area contributed by atoms with E-state index in [1.807, 2.05) is 20.8 Å². The highest BCUT2D eigenvalue weighted by molar-refractivity contribution is 5.99. The van der Waals surface area contributed by atoms with Gasteiger partial charge >= 0.3 is 0 Å². The Labute approximate surface area is 222 Å². The molecule has 3 aromatic rings. The van der Waals surface area contributed by atoms with Gasteiger partial charge in [0.1, 0.15) is 0 Å². The SMILES string of the molecule is C=CC(=O)Nc1cccc(Nc2nc(Nc3ccc(NC(=O)C(C)(CC)CCC(C)N)cc3)ncc2F)c1. The second-order valence-corrected chi connectivity index (χ2v) is 9.38. The molecule has 0 fully saturated rings. The van der Waals surface area contributed by atoms with E-state index in [4.69, 9.17) is 5.73 Å². The molecule has 1 aromatic heterocycles. The van der Waals surface area contributed by atoms with Crippen LogP contribution in [0.4, 0.5) is 38.9 Å². The maximum absolute atomic E-state index is 14.4. The van der Waals surface area contributed by atoms with Gasteiger partial charge in [-0.2, -0.15) is 4.98 Å². The Bertz CT molecular complexity index is 1280. The number of anilines is 6. The molecule has 2 amide bonds. The predicted molar refractivity (Wildman–Crippen MR) is 150 cm³/mol. The standard InChI is InChI=1S/C28H34FN7O2/c1-5-24(37)32-21-8-7-9-22(16-21)33-25-23(29)17-31-27(36-25)35-20-12-10-19(11-13-20)34-26(38)28(4,6-2)15-14-18(3)30/h5,7-13,16-18H,1,6,14-15,30H2,2-4H3,(H,32,37)(H,34,38)(H2,31,33,35,36). The lowest BCUT2D eigenvalue weighted by molar-refractivity contribution is -0.125. The molecule has 0 aliphatic rings. The molecule has 0 saturated carbocycles. The summed E-state index contributed by atoms with van der Waals surface area (Å²) in [6.45, 7) is 9.31. The lowest BCUT2D eigenvalue weighted by atomic mass is 9.81. The highest BCUT2D eigenvalue weighted by Gasteiger charge is 2.31. The largest absolute Gasteiger partial charge is 0.338 e.